The van der Waals surface area contributed by atoms with Gasteiger partial charge in [-0.25, -0.2) is 18.2 Å². The number of hydrogen-bond donors (Lipinski definition) is 2. The lowest BCUT2D eigenvalue weighted by Gasteiger charge is -2.09. The number of benzene rings is 1. The van der Waals surface area contributed by atoms with E-state index in [1.54, 1.807) is 11.6 Å². The van der Waals surface area contributed by atoms with Gasteiger partial charge in [0.25, 0.3) is 0 Å². The molecule has 0 bridgehead atoms. The molecule has 1 aromatic heterocycles. The van der Waals surface area contributed by atoms with Gasteiger partial charge in [-0.15, -0.1) is 11.3 Å². The van der Waals surface area contributed by atoms with Gasteiger partial charge in [0, 0.05) is 18.1 Å². The minimum atomic E-state index is -1.45. The third kappa shape index (κ3) is 3.67. The van der Waals surface area contributed by atoms with Crippen LogP contribution in [0.5, 0.6) is 0 Å². The van der Waals surface area contributed by atoms with Gasteiger partial charge in [0.2, 0.25) is 0 Å². The first kappa shape index (κ1) is 14.7. The highest BCUT2D eigenvalue weighted by Crippen LogP contribution is 2.15. The number of nitrogens with one attached hydrogen (secondary N) is 2. The third-order valence-corrected chi connectivity index (χ3v) is 3.38. The Balaban J connectivity index is 1.84. The van der Waals surface area contributed by atoms with Gasteiger partial charge in [0.15, 0.2) is 27.7 Å². The zero-order valence-electron chi connectivity index (χ0n) is 10.1. The van der Waals surface area contributed by atoms with E-state index in [0.29, 0.717) is 16.8 Å². The summed E-state index contributed by atoms with van der Waals surface area (Å²) in [7, 11) is 0. The standard InChI is InChI=1S/C12H10F3N3S2/c13-8-2-1-7(9(14)10(8)15)3-4-16-11(19)18-12-17-5-6-20-12/h1-2,5-6H,3-4H2,(H2,16,17,18,19). The number of aromatic nitrogens is 1. The summed E-state index contributed by atoms with van der Waals surface area (Å²) in [6.45, 7) is 0.291. The van der Waals surface area contributed by atoms with E-state index >= 15 is 0 Å². The molecule has 1 heterocycles. The summed E-state index contributed by atoms with van der Waals surface area (Å²) < 4.78 is 39.2. The molecular formula is C12H10F3N3S2. The van der Waals surface area contributed by atoms with Crippen LogP contribution in [0, 0.1) is 17.5 Å². The molecule has 2 N–H and O–H groups in total. The summed E-state index contributed by atoms with van der Waals surface area (Å²) in [5.41, 5.74) is 0.0912. The van der Waals surface area contributed by atoms with E-state index in [4.69, 9.17) is 12.2 Å². The molecular weight excluding hydrogens is 307 g/mol. The van der Waals surface area contributed by atoms with Gasteiger partial charge < -0.3 is 10.6 Å². The van der Waals surface area contributed by atoms with Crippen LogP contribution in [0.25, 0.3) is 0 Å². The highest BCUT2D eigenvalue weighted by Gasteiger charge is 2.12. The van der Waals surface area contributed by atoms with Crippen LogP contribution in [0.3, 0.4) is 0 Å². The van der Waals surface area contributed by atoms with Gasteiger partial charge in [-0.1, -0.05) is 6.07 Å². The number of hydrogen-bond acceptors (Lipinski definition) is 3. The van der Waals surface area contributed by atoms with E-state index in [2.05, 4.69) is 15.6 Å². The van der Waals surface area contributed by atoms with Gasteiger partial charge >= 0.3 is 0 Å². The van der Waals surface area contributed by atoms with Crippen LogP contribution >= 0.6 is 23.6 Å². The lowest BCUT2D eigenvalue weighted by Crippen LogP contribution is -2.30. The van der Waals surface area contributed by atoms with Crippen molar-refractivity contribution >= 4 is 33.8 Å². The Morgan fingerprint density at radius 1 is 1.25 bits per heavy atom. The highest BCUT2D eigenvalue weighted by atomic mass is 32.1. The Morgan fingerprint density at radius 2 is 2.05 bits per heavy atom. The quantitative estimate of drug-likeness (QED) is 0.671. The number of anilines is 1. The first-order chi connectivity index (χ1) is 9.58. The molecule has 3 nitrogen and oxygen atoms in total. The van der Waals surface area contributed by atoms with Crippen molar-refractivity contribution in [2.75, 3.05) is 11.9 Å². The monoisotopic (exact) mass is 317 g/mol. The molecule has 2 aromatic rings. The molecule has 0 unspecified atom stereocenters. The molecule has 0 spiro atoms. The van der Waals surface area contributed by atoms with E-state index in [0.717, 1.165) is 6.07 Å². The first-order valence-corrected chi connectivity index (χ1v) is 6.93. The van der Waals surface area contributed by atoms with Crippen molar-refractivity contribution in [3.05, 3.63) is 46.7 Å². The Kier molecular flexibility index (Phi) is 4.91. The number of nitrogens with zero attached hydrogens (tertiary/aromatic N) is 1. The molecule has 8 heteroatoms. The molecule has 1 aromatic carbocycles. The van der Waals surface area contributed by atoms with Gasteiger partial charge in [-0.05, 0) is 30.3 Å². The zero-order chi connectivity index (χ0) is 14.5. The van der Waals surface area contributed by atoms with Crippen LogP contribution in [-0.2, 0) is 6.42 Å². The maximum Gasteiger partial charge on any atom is 0.194 e. The molecule has 0 fully saturated rings. The predicted octanol–water partition coefficient (Wildman–Crippen LogP) is 3.09. The van der Waals surface area contributed by atoms with E-state index in [9.17, 15) is 13.2 Å². The Bertz CT molecular complexity index is 602. The SMILES string of the molecule is Fc1ccc(CCNC(=S)Nc2nccs2)c(F)c1F. The molecule has 106 valence electrons. The van der Waals surface area contributed by atoms with Crippen LogP contribution in [0.4, 0.5) is 18.3 Å². The summed E-state index contributed by atoms with van der Waals surface area (Å²) in [5, 5.41) is 8.45. The average molecular weight is 317 g/mol. The largest absolute Gasteiger partial charge is 0.362 e. The van der Waals surface area contributed by atoms with Crippen LogP contribution < -0.4 is 10.6 Å². The summed E-state index contributed by atoms with van der Waals surface area (Å²) in [4.78, 5) is 3.99. The van der Waals surface area contributed by atoms with Crippen molar-refractivity contribution in [3.8, 4) is 0 Å². The van der Waals surface area contributed by atoms with Crippen molar-refractivity contribution < 1.29 is 13.2 Å². The number of thiocarbonyl (C=S) groups is 1. The maximum absolute atomic E-state index is 13.4. The number of rotatable bonds is 4. The minimum Gasteiger partial charge on any atom is -0.362 e. The maximum atomic E-state index is 13.4. The Hall–Kier alpha value is -1.67. The molecule has 0 aliphatic heterocycles. The third-order valence-electron chi connectivity index (χ3n) is 2.45. The fourth-order valence-corrected chi connectivity index (χ4v) is 2.29. The summed E-state index contributed by atoms with van der Waals surface area (Å²) in [6, 6.07) is 2.12. The van der Waals surface area contributed by atoms with Crippen LogP contribution in [-0.4, -0.2) is 16.6 Å². The topological polar surface area (TPSA) is 37.0 Å². The Morgan fingerprint density at radius 3 is 2.75 bits per heavy atom. The summed E-state index contributed by atoms with van der Waals surface area (Å²) >= 11 is 6.40. The molecule has 0 atom stereocenters. The molecule has 0 aliphatic carbocycles. The molecule has 0 saturated carbocycles. The predicted molar refractivity (Wildman–Crippen MR) is 76.4 cm³/mol. The molecule has 2 rings (SSSR count). The second kappa shape index (κ2) is 6.67. The van der Waals surface area contributed by atoms with E-state index in [1.807, 2.05) is 0 Å². The van der Waals surface area contributed by atoms with Crippen molar-refractivity contribution in [1.29, 1.82) is 0 Å². The van der Waals surface area contributed by atoms with Crippen LogP contribution in [0.15, 0.2) is 23.7 Å². The van der Waals surface area contributed by atoms with E-state index < -0.39 is 17.5 Å². The average Bonchev–Trinajstić information content (AvgIpc) is 2.91. The zero-order valence-corrected chi connectivity index (χ0v) is 11.8. The molecule has 0 radical (unpaired) electrons. The van der Waals surface area contributed by atoms with E-state index in [1.165, 1.54) is 17.4 Å². The fraction of sp³-hybridized carbons (Fsp3) is 0.167. The van der Waals surface area contributed by atoms with Crippen molar-refractivity contribution in [1.82, 2.24) is 10.3 Å². The fourth-order valence-electron chi connectivity index (χ4n) is 1.50. The molecule has 20 heavy (non-hydrogen) atoms. The van der Waals surface area contributed by atoms with Gasteiger partial charge in [0.05, 0.1) is 0 Å². The van der Waals surface area contributed by atoms with Crippen molar-refractivity contribution in [2.24, 2.45) is 0 Å². The minimum absolute atomic E-state index is 0.0912. The van der Waals surface area contributed by atoms with Gasteiger partial charge in [0.1, 0.15) is 0 Å². The van der Waals surface area contributed by atoms with Gasteiger partial charge in [-0.2, -0.15) is 0 Å². The molecule has 0 amide bonds. The number of halogens is 3. The van der Waals surface area contributed by atoms with Crippen molar-refractivity contribution in [3.63, 3.8) is 0 Å². The lowest BCUT2D eigenvalue weighted by molar-refractivity contribution is 0.441. The van der Waals surface area contributed by atoms with Crippen molar-refractivity contribution in [2.45, 2.75) is 6.42 Å². The second-order valence-corrected chi connectivity index (χ2v) is 5.11. The van der Waals surface area contributed by atoms with E-state index in [-0.39, 0.29) is 12.0 Å². The second-order valence-electron chi connectivity index (χ2n) is 3.80. The molecule has 0 aliphatic rings. The summed E-state index contributed by atoms with van der Waals surface area (Å²) in [5.74, 6) is -3.81. The summed E-state index contributed by atoms with van der Waals surface area (Å²) in [6.07, 6.45) is 1.81. The van der Waals surface area contributed by atoms with Gasteiger partial charge in [-0.3, -0.25) is 0 Å². The Labute approximate surface area is 122 Å². The van der Waals surface area contributed by atoms with Crippen LogP contribution in [0.1, 0.15) is 5.56 Å². The van der Waals surface area contributed by atoms with Crippen LogP contribution in [0.2, 0.25) is 0 Å². The smallest absolute Gasteiger partial charge is 0.194 e. The highest BCUT2D eigenvalue weighted by molar-refractivity contribution is 7.80. The number of thiazole rings is 1. The first-order valence-electron chi connectivity index (χ1n) is 5.64. The normalized spacial score (nSPS) is 10.3. The lowest BCUT2D eigenvalue weighted by atomic mass is 10.1. The molecule has 0 saturated heterocycles.